The topological polar surface area (TPSA) is 32.3 Å². The van der Waals surface area contributed by atoms with E-state index in [1.807, 2.05) is 42.1 Å². The summed E-state index contributed by atoms with van der Waals surface area (Å²) in [5, 5.41) is 3.04. The average Bonchev–Trinajstić information content (AvgIpc) is 2.80. The van der Waals surface area contributed by atoms with E-state index < -0.39 is 0 Å². The Hall–Kier alpha value is -2.72. The predicted molar refractivity (Wildman–Crippen MR) is 123 cm³/mol. The minimum Gasteiger partial charge on any atom is -0.370 e. The molecule has 4 rings (SSSR count). The lowest BCUT2D eigenvalue weighted by atomic mass is 10.0. The van der Waals surface area contributed by atoms with Gasteiger partial charge in [0, 0.05) is 36.8 Å². The summed E-state index contributed by atoms with van der Waals surface area (Å²) in [7, 11) is 0. The van der Waals surface area contributed by atoms with Crippen LogP contribution in [0.1, 0.15) is 11.1 Å². The Morgan fingerprint density at radius 3 is 2.10 bits per heavy atom. The molecule has 0 aromatic heterocycles. The van der Waals surface area contributed by atoms with Crippen LogP contribution in [0.3, 0.4) is 0 Å². The van der Waals surface area contributed by atoms with Gasteiger partial charge in [-0.05, 0) is 34.4 Å². The summed E-state index contributed by atoms with van der Waals surface area (Å²) in [5.74, 6) is 2.45. The van der Waals surface area contributed by atoms with Gasteiger partial charge in [0.1, 0.15) is 0 Å². The van der Waals surface area contributed by atoms with E-state index in [2.05, 4.69) is 58.7 Å². The van der Waals surface area contributed by atoms with Gasteiger partial charge in [0.15, 0.2) is 0 Å². The summed E-state index contributed by atoms with van der Waals surface area (Å²) in [4.78, 5) is 14.8. The van der Waals surface area contributed by atoms with Gasteiger partial charge in [-0.25, -0.2) is 0 Å². The fraction of sp³-hybridized carbons (Fsp3) is 0.240. The second-order valence-corrected chi connectivity index (χ2v) is 8.51. The molecule has 4 heteroatoms. The first-order chi connectivity index (χ1) is 14.3. The number of hydrogen-bond acceptors (Lipinski definition) is 3. The number of benzene rings is 3. The highest BCUT2D eigenvalue weighted by molar-refractivity contribution is 7.99. The summed E-state index contributed by atoms with van der Waals surface area (Å²) in [5.41, 5.74) is 5.80. The molecule has 0 aliphatic carbocycles. The van der Waals surface area contributed by atoms with E-state index in [-0.39, 0.29) is 5.91 Å². The van der Waals surface area contributed by atoms with Crippen LogP contribution in [0.2, 0.25) is 0 Å². The summed E-state index contributed by atoms with van der Waals surface area (Å²) < 4.78 is 0. The average molecular weight is 403 g/mol. The number of nitrogens with zero attached hydrogens (tertiary/aromatic N) is 1. The number of rotatable bonds is 6. The number of hydrogen-bond donors (Lipinski definition) is 1. The zero-order valence-electron chi connectivity index (χ0n) is 16.5. The number of amides is 1. The van der Waals surface area contributed by atoms with E-state index >= 15 is 0 Å². The molecule has 3 aromatic carbocycles. The van der Waals surface area contributed by atoms with Crippen LogP contribution in [0.5, 0.6) is 0 Å². The first-order valence-corrected chi connectivity index (χ1v) is 11.3. The molecule has 29 heavy (non-hydrogen) atoms. The summed E-state index contributed by atoms with van der Waals surface area (Å²) in [6.07, 6.45) is 0.401. The van der Waals surface area contributed by atoms with Crippen LogP contribution < -0.4 is 10.2 Å². The summed E-state index contributed by atoms with van der Waals surface area (Å²) >= 11 is 2.02. The Morgan fingerprint density at radius 1 is 0.793 bits per heavy atom. The van der Waals surface area contributed by atoms with Gasteiger partial charge in [-0.15, -0.1) is 0 Å². The molecule has 0 unspecified atom stereocenters. The Kier molecular flexibility index (Phi) is 6.52. The van der Waals surface area contributed by atoms with Crippen molar-refractivity contribution in [3.8, 4) is 11.1 Å². The third-order valence-corrected chi connectivity index (χ3v) is 6.17. The number of nitrogens with one attached hydrogen (secondary N) is 1. The van der Waals surface area contributed by atoms with E-state index in [4.69, 9.17) is 0 Å². The summed E-state index contributed by atoms with van der Waals surface area (Å²) in [6, 6.07) is 27.1. The molecule has 1 fully saturated rings. The van der Waals surface area contributed by atoms with Gasteiger partial charge in [0.25, 0.3) is 0 Å². The molecule has 0 saturated carbocycles. The van der Waals surface area contributed by atoms with Crippen molar-refractivity contribution in [2.24, 2.45) is 0 Å². The van der Waals surface area contributed by atoms with Crippen LogP contribution >= 0.6 is 11.8 Å². The molecule has 1 aliphatic rings. The Balaban J connectivity index is 1.27. The van der Waals surface area contributed by atoms with Gasteiger partial charge in [-0.1, -0.05) is 66.7 Å². The predicted octanol–water partition coefficient (Wildman–Crippen LogP) is 4.77. The van der Waals surface area contributed by atoms with Gasteiger partial charge in [0.05, 0.1) is 6.42 Å². The van der Waals surface area contributed by atoms with Crippen LogP contribution in [-0.4, -0.2) is 30.5 Å². The van der Waals surface area contributed by atoms with Gasteiger partial charge in [0.2, 0.25) is 5.91 Å². The molecule has 0 bridgehead atoms. The molecular weight excluding hydrogens is 376 g/mol. The van der Waals surface area contributed by atoms with Gasteiger partial charge in [-0.3, -0.25) is 4.79 Å². The SMILES string of the molecule is O=C(Cc1ccc(-c2ccccc2)cc1)NCc1ccc(N2CCSCC2)cc1. The van der Waals surface area contributed by atoms with Crippen molar-refractivity contribution >= 4 is 23.4 Å². The lowest BCUT2D eigenvalue weighted by Crippen LogP contribution is -2.32. The monoisotopic (exact) mass is 402 g/mol. The number of thioether (sulfide) groups is 1. The van der Waals surface area contributed by atoms with Crippen molar-refractivity contribution < 1.29 is 4.79 Å². The second-order valence-electron chi connectivity index (χ2n) is 7.28. The van der Waals surface area contributed by atoms with E-state index in [0.29, 0.717) is 13.0 Å². The van der Waals surface area contributed by atoms with E-state index in [9.17, 15) is 4.79 Å². The van der Waals surface area contributed by atoms with Crippen LogP contribution in [0.15, 0.2) is 78.9 Å². The van der Waals surface area contributed by atoms with Crippen LogP contribution in [0.4, 0.5) is 5.69 Å². The smallest absolute Gasteiger partial charge is 0.224 e. The number of carbonyl (C=O) groups excluding carboxylic acids is 1. The van der Waals surface area contributed by atoms with E-state index in [1.54, 1.807) is 0 Å². The standard InChI is InChI=1S/C25H26N2OS/c28-25(18-20-6-10-23(11-7-20)22-4-2-1-3-5-22)26-19-21-8-12-24(13-9-21)27-14-16-29-17-15-27/h1-13H,14-19H2,(H,26,28). The van der Waals surface area contributed by atoms with Gasteiger partial charge in [-0.2, -0.15) is 11.8 Å². The maximum absolute atomic E-state index is 12.3. The maximum Gasteiger partial charge on any atom is 0.224 e. The van der Waals surface area contributed by atoms with Gasteiger partial charge >= 0.3 is 0 Å². The first kappa shape index (κ1) is 19.6. The highest BCUT2D eigenvalue weighted by Gasteiger charge is 2.11. The number of carbonyl (C=O) groups is 1. The molecule has 1 aliphatic heterocycles. The zero-order chi connectivity index (χ0) is 19.9. The lowest BCUT2D eigenvalue weighted by Gasteiger charge is -2.28. The molecule has 0 atom stereocenters. The molecule has 0 radical (unpaired) electrons. The van der Waals surface area contributed by atoms with Gasteiger partial charge < -0.3 is 10.2 Å². The van der Waals surface area contributed by atoms with Crippen LogP contribution in [0, 0.1) is 0 Å². The molecule has 148 valence electrons. The fourth-order valence-electron chi connectivity index (χ4n) is 3.54. The molecular formula is C25H26N2OS. The maximum atomic E-state index is 12.3. The first-order valence-electron chi connectivity index (χ1n) is 10.1. The van der Waals surface area contributed by atoms with Crippen molar-refractivity contribution in [2.45, 2.75) is 13.0 Å². The van der Waals surface area contributed by atoms with E-state index in [0.717, 1.165) is 24.2 Å². The zero-order valence-corrected chi connectivity index (χ0v) is 17.3. The van der Waals surface area contributed by atoms with Crippen molar-refractivity contribution in [1.29, 1.82) is 0 Å². The Morgan fingerprint density at radius 2 is 1.41 bits per heavy atom. The Bertz CT molecular complexity index is 917. The molecule has 1 N–H and O–H groups in total. The largest absolute Gasteiger partial charge is 0.370 e. The van der Waals surface area contributed by atoms with Crippen LogP contribution in [-0.2, 0) is 17.8 Å². The lowest BCUT2D eigenvalue weighted by molar-refractivity contribution is -0.120. The second kappa shape index (κ2) is 9.66. The van der Waals surface area contributed by atoms with Crippen molar-refractivity contribution in [1.82, 2.24) is 5.32 Å². The fourth-order valence-corrected chi connectivity index (χ4v) is 4.44. The third kappa shape index (κ3) is 5.42. The minimum absolute atomic E-state index is 0.0505. The van der Waals surface area contributed by atoms with Crippen molar-refractivity contribution in [3.05, 3.63) is 90.0 Å². The van der Waals surface area contributed by atoms with E-state index in [1.165, 1.54) is 28.3 Å². The minimum atomic E-state index is 0.0505. The molecule has 1 saturated heterocycles. The highest BCUT2D eigenvalue weighted by atomic mass is 32.2. The highest BCUT2D eigenvalue weighted by Crippen LogP contribution is 2.21. The Labute approximate surface area is 177 Å². The quantitative estimate of drug-likeness (QED) is 0.645. The number of anilines is 1. The molecule has 3 aromatic rings. The normalized spacial score (nSPS) is 13.9. The third-order valence-electron chi connectivity index (χ3n) is 5.23. The summed E-state index contributed by atoms with van der Waals surface area (Å²) in [6.45, 7) is 2.80. The molecule has 1 heterocycles. The van der Waals surface area contributed by atoms with Crippen molar-refractivity contribution in [2.75, 3.05) is 29.5 Å². The molecule has 0 spiro atoms. The molecule has 1 amide bonds. The van der Waals surface area contributed by atoms with Crippen LogP contribution in [0.25, 0.3) is 11.1 Å². The molecule has 3 nitrogen and oxygen atoms in total. The van der Waals surface area contributed by atoms with Crippen molar-refractivity contribution in [3.63, 3.8) is 0 Å².